The maximum Gasteiger partial charge on any atom is 0.0971 e. The molecule has 0 N–H and O–H groups in total. The van der Waals surface area contributed by atoms with E-state index in [2.05, 4.69) is 43.2 Å². The number of rotatable bonds is 0. The fourth-order valence-corrected chi connectivity index (χ4v) is 0.747. The van der Waals surface area contributed by atoms with Crippen molar-refractivity contribution in [1.82, 2.24) is 9.80 Å². The van der Waals surface area contributed by atoms with Crippen molar-refractivity contribution < 1.29 is 0 Å². The Kier molecular flexibility index (Phi) is 3.32. The van der Waals surface area contributed by atoms with Crippen LogP contribution in [0.25, 0.3) is 0 Å². The molecule has 0 unspecified atom stereocenters. The summed E-state index contributed by atoms with van der Waals surface area (Å²) in [5.74, 6) is 0. The molecule has 0 atom stereocenters. The minimum absolute atomic E-state index is 0. The van der Waals surface area contributed by atoms with Crippen molar-refractivity contribution >= 4 is 24.0 Å². The highest BCUT2D eigenvalue weighted by molar-refractivity contribution is 14.0. The average Bonchev–Trinajstić information content (AvgIpc) is 1.98. The maximum atomic E-state index is 2.17. The summed E-state index contributed by atoms with van der Waals surface area (Å²) in [6.07, 6.45) is 4.69. The van der Waals surface area contributed by atoms with Gasteiger partial charge in [0.15, 0.2) is 0 Å². The van der Waals surface area contributed by atoms with Crippen molar-refractivity contribution in [2.45, 2.75) is 13.1 Å². The summed E-state index contributed by atoms with van der Waals surface area (Å²) in [5.41, 5.74) is 0. The van der Waals surface area contributed by atoms with Crippen LogP contribution in [-0.2, 0) is 0 Å². The Labute approximate surface area is 73.5 Å². The molecule has 0 bridgehead atoms. The van der Waals surface area contributed by atoms with E-state index in [0.717, 1.165) is 0 Å². The van der Waals surface area contributed by atoms with Crippen molar-refractivity contribution in [1.29, 1.82) is 0 Å². The van der Waals surface area contributed by atoms with Gasteiger partial charge in [0.25, 0.3) is 0 Å². The van der Waals surface area contributed by atoms with Crippen molar-refractivity contribution in [2.75, 3.05) is 14.1 Å². The number of hydrogen-bond acceptors (Lipinski definition) is 2. The van der Waals surface area contributed by atoms with Crippen LogP contribution in [0.3, 0.4) is 0 Å². The van der Waals surface area contributed by atoms with Crippen molar-refractivity contribution in [3.63, 3.8) is 0 Å². The van der Waals surface area contributed by atoms with E-state index in [1.165, 1.54) is 0 Å². The van der Waals surface area contributed by atoms with Gasteiger partial charge in [-0.05, 0) is 6.92 Å². The van der Waals surface area contributed by atoms with E-state index in [9.17, 15) is 0 Å². The van der Waals surface area contributed by atoms with E-state index in [1.807, 2.05) is 0 Å². The fourth-order valence-electron chi connectivity index (χ4n) is 0.747. The number of hydrogen-bond donors (Lipinski definition) is 0. The van der Waals surface area contributed by atoms with Gasteiger partial charge in [0.05, 0.1) is 6.17 Å². The summed E-state index contributed by atoms with van der Waals surface area (Å²) in [7, 11) is 4.15. The lowest BCUT2D eigenvalue weighted by Gasteiger charge is -2.22. The molecule has 0 aliphatic carbocycles. The van der Waals surface area contributed by atoms with Gasteiger partial charge in [0.2, 0.25) is 0 Å². The van der Waals surface area contributed by atoms with Crippen LogP contribution in [0, 0.1) is 0 Å². The molecule has 0 radical (unpaired) electrons. The summed E-state index contributed by atoms with van der Waals surface area (Å²) in [6.45, 7) is 2.17. The van der Waals surface area contributed by atoms with E-state index < -0.39 is 0 Å². The first-order valence-corrected chi connectivity index (χ1v) is 2.84. The van der Waals surface area contributed by atoms with Gasteiger partial charge in [-0.25, -0.2) is 0 Å². The zero-order chi connectivity index (χ0) is 6.15. The summed E-state index contributed by atoms with van der Waals surface area (Å²) < 4.78 is 0. The molecule has 1 aliphatic heterocycles. The smallest absolute Gasteiger partial charge is 0.0971 e. The largest absolute Gasteiger partial charge is 0.359 e. The van der Waals surface area contributed by atoms with Gasteiger partial charge in [-0.2, -0.15) is 0 Å². The summed E-state index contributed by atoms with van der Waals surface area (Å²) in [5, 5.41) is 0. The molecule has 0 aromatic heterocycles. The predicted molar refractivity (Wildman–Crippen MR) is 49.5 cm³/mol. The molecule has 1 aliphatic rings. The van der Waals surface area contributed by atoms with E-state index in [4.69, 9.17) is 0 Å². The second-order valence-electron chi connectivity index (χ2n) is 2.26. The third-order valence-electron chi connectivity index (χ3n) is 1.72. The van der Waals surface area contributed by atoms with Crippen LogP contribution in [0.2, 0.25) is 0 Å². The Hall–Kier alpha value is 0.0700. The molecule has 0 aromatic rings. The molecule has 3 heteroatoms. The number of halogens is 1. The monoisotopic (exact) mass is 240 g/mol. The average molecular weight is 240 g/mol. The molecule has 9 heavy (non-hydrogen) atoms. The molecule has 1 rings (SSSR count). The van der Waals surface area contributed by atoms with E-state index in [1.54, 1.807) is 0 Å². The van der Waals surface area contributed by atoms with Crippen LogP contribution >= 0.6 is 24.0 Å². The van der Waals surface area contributed by atoms with Crippen molar-refractivity contribution in [3.8, 4) is 0 Å². The van der Waals surface area contributed by atoms with Gasteiger partial charge in [0, 0.05) is 26.5 Å². The molecule has 2 nitrogen and oxygen atoms in total. The van der Waals surface area contributed by atoms with E-state index >= 15 is 0 Å². The second kappa shape index (κ2) is 3.29. The minimum Gasteiger partial charge on any atom is -0.359 e. The van der Waals surface area contributed by atoms with Crippen LogP contribution in [0.1, 0.15) is 6.92 Å². The Morgan fingerprint density at radius 2 is 1.44 bits per heavy atom. The van der Waals surface area contributed by atoms with Gasteiger partial charge in [-0.1, -0.05) is 0 Å². The Morgan fingerprint density at radius 1 is 1.11 bits per heavy atom. The molecule has 0 spiro atoms. The van der Waals surface area contributed by atoms with Crippen molar-refractivity contribution in [2.24, 2.45) is 0 Å². The SMILES string of the molecule is CC1N(C)C=CN1C.I. The molecular formula is C6H13IN2. The first kappa shape index (κ1) is 9.07. The lowest BCUT2D eigenvalue weighted by Crippen LogP contribution is -2.30. The van der Waals surface area contributed by atoms with Crippen LogP contribution in [0.5, 0.6) is 0 Å². The molecular weight excluding hydrogens is 227 g/mol. The standard InChI is InChI=1S/C6H12N2.HI/c1-6-7(2)4-5-8(6)3;/h4-6H,1-3H3;1H. The van der Waals surface area contributed by atoms with Gasteiger partial charge < -0.3 is 9.80 Å². The van der Waals surface area contributed by atoms with Gasteiger partial charge in [0.1, 0.15) is 0 Å². The third-order valence-corrected chi connectivity index (χ3v) is 1.72. The quantitative estimate of drug-likeness (QED) is 0.589. The third kappa shape index (κ3) is 1.74. The summed E-state index contributed by atoms with van der Waals surface area (Å²) in [4.78, 5) is 4.33. The van der Waals surface area contributed by atoms with Gasteiger partial charge in [-0.3, -0.25) is 0 Å². The van der Waals surface area contributed by atoms with E-state index in [-0.39, 0.29) is 24.0 Å². The summed E-state index contributed by atoms with van der Waals surface area (Å²) in [6, 6.07) is 0. The number of nitrogens with zero attached hydrogens (tertiary/aromatic N) is 2. The second-order valence-corrected chi connectivity index (χ2v) is 2.26. The first-order chi connectivity index (χ1) is 3.72. The highest BCUT2D eigenvalue weighted by Gasteiger charge is 2.12. The van der Waals surface area contributed by atoms with Crippen molar-refractivity contribution in [3.05, 3.63) is 12.4 Å². The van der Waals surface area contributed by atoms with Crippen LogP contribution < -0.4 is 0 Å². The fraction of sp³-hybridized carbons (Fsp3) is 0.667. The summed E-state index contributed by atoms with van der Waals surface area (Å²) >= 11 is 0. The maximum absolute atomic E-state index is 2.17. The zero-order valence-corrected chi connectivity index (χ0v) is 8.37. The molecule has 0 amide bonds. The van der Waals surface area contributed by atoms with E-state index in [0.29, 0.717) is 6.17 Å². The van der Waals surface area contributed by atoms with Gasteiger partial charge in [-0.15, -0.1) is 24.0 Å². The topological polar surface area (TPSA) is 6.48 Å². The molecule has 0 aromatic carbocycles. The molecule has 1 heterocycles. The molecule has 0 saturated carbocycles. The lowest BCUT2D eigenvalue weighted by atomic mass is 10.5. The minimum atomic E-state index is 0. The normalized spacial score (nSPS) is 18.6. The highest BCUT2D eigenvalue weighted by atomic mass is 127. The highest BCUT2D eigenvalue weighted by Crippen LogP contribution is 2.08. The lowest BCUT2D eigenvalue weighted by molar-refractivity contribution is 0.226. The Balaban J connectivity index is 0.000000640. The predicted octanol–water partition coefficient (Wildman–Crippen LogP) is 1.30. The zero-order valence-electron chi connectivity index (χ0n) is 6.03. The van der Waals surface area contributed by atoms with Crippen LogP contribution in [-0.4, -0.2) is 30.1 Å². The Bertz CT molecular complexity index is 102. The van der Waals surface area contributed by atoms with Crippen LogP contribution in [0.15, 0.2) is 12.4 Å². The van der Waals surface area contributed by atoms with Gasteiger partial charge >= 0.3 is 0 Å². The molecule has 0 fully saturated rings. The molecule has 0 saturated heterocycles. The Morgan fingerprint density at radius 3 is 1.56 bits per heavy atom. The van der Waals surface area contributed by atoms with Crippen LogP contribution in [0.4, 0.5) is 0 Å². The molecule has 54 valence electrons. The first-order valence-electron chi connectivity index (χ1n) is 2.84.